The smallest absolute Gasteiger partial charge is 0.273 e. The summed E-state index contributed by atoms with van der Waals surface area (Å²) in [6.45, 7) is 3.08. The molecule has 29 heavy (non-hydrogen) atoms. The van der Waals surface area contributed by atoms with Crippen LogP contribution in [0.2, 0.25) is 0 Å². The summed E-state index contributed by atoms with van der Waals surface area (Å²) in [4.78, 5) is 24.0. The number of carbonyl (C=O) groups is 1. The molecular formula is C24H21N3OS. The minimum Gasteiger partial charge on any atom is -0.329 e. The standard InChI is InChI=1S/C24H21N3OS/c1-18-8-5-6-12-21(18)16-27(15-19-9-7-13-25-14-19)24(28)22-17-29-23(26-22)20-10-3-2-4-11-20/h2-14,17H,15-16H2,1H3. The van der Waals surface area contributed by atoms with Crippen LogP contribution in [0.4, 0.5) is 0 Å². The first kappa shape index (κ1) is 19.0. The Morgan fingerprint density at radius 1 is 0.966 bits per heavy atom. The lowest BCUT2D eigenvalue weighted by molar-refractivity contribution is 0.0724. The topological polar surface area (TPSA) is 46.1 Å². The number of pyridine rings is 1. The first-order valence-electron chi connectivity index (χ1n) is 9.44. The molecule has 0 saturated heterocycles. The van der Waals surface area contributed by atoms with Crippen molar-refractivity contribution >= 4 is 17.2 Å². The Labute approximate surface area is 174 Å². The van der Waals surface area contributed by atoms with Gasteiger partial charge in [0.25, 0.3) is 5.91 Å². The van der Waals surface area contributed by atoms with Crippen molar-refractivity contribution < 1.29 is 4.79 Å². The van der Waals surface area contributed by atoms with E-state index in [2.05, 4.69) is 29.0 Å². The molecule has 2 aromatic carbocycles. The summed E-state index contributed by atoms with van der Waals surface area (Å²) >= 11 is 1.49. The van der Waals surface area contributed by atoms with E-state index in [4.69, 9.17) is 0 Å². The van der Waals surface area contributed by atoms with Crippen molar-refractivity contribution in [2.24, 2.45) is 0 Å². The number of hydrogen-bond donors (Lipinski definition) is 0. The zero-order valence-electron chi connectivity index (χ0n) is 16.2. The van der Waals surface area contributed by atoms with E-state index in [9.17, 15) is 4.79 Å². The largest absolute Gasteiger partial charge is 0.329 e. The SMILES string of the molecule is Cc1ccccc1CN(Cc1cccnc1)C(=O)c1csc(-c2ccccc2)n1. The van der Waals surface area contributed by atoms with E-state index in [1.54, 1.807) is 12.4 Å². The molecule has 0 unspecified atom stereocenters. The number of thiazole rings is 1. The van der Waals surface area contributed by atoms with Crippen LogP contribution in [0.3, 0.4) is 0 Å². The average Bonchev–Trinajstić information content (AvgIpc) is 3.26. The van der Waals surface area contributed by atoms with Crippen molar-refractivity contribution in [3.8, 4) is 10.6 Å². The normalized spacial score (nSPS) is 10.7. The van der Waals surface area contributed by atoms with E-state index >= 15 is 0 Å². The number of aryl methyl sites for hydroxylation is 1. The molecule has 4 rings (SSSR count). The minimum absolute atomic E-state index is 0.0736. The molecule has 0 radical (unpaired) electrons. The Balaban J connectivity index is 1.62. The van der Waals surface area contributed by atoms with Crippen LogP contribution in [0.5, 0.6) is 0 Å². The summed E-state index contributed by atoms with van der Waals surface area (Å²) in [5.41, 5.74) is 4.79. The number of aromatic nitrogens is 2. The first-order chi connectivity index (χ1) is 14.2. The fourth-order valence-corrected chi connectivity index (χ4v) is 3.95. The van der Waals surface area contributed by atoms with E-state index in [1.165, 1.54) is 16.9 Å². The molecule has 4 nitrogen and oxygen atoms in total. The third kappa shape index (κ3) is 4.58. The second-order valence-corrected chi connectivity index (χ2v) is 7.71. The summed E-state index contributed by atoms with van der Waals surface area (Å²) in [5.74, 6) is -0.0736. The number of hydrogen-bond acceptors (Lipinski definition) is 4. The van der Waals surface area contributed by atoms with Gasteiger partial charge in [0.2, 0.25) is 0 Å². The van der Waals surface area contributed by atoms with Crippen LogP contribution in [0, 0.1) is 6.92 Å². The first-order valence-corrected chi connectivity index (χ1v) is 10.3. The van der Waals surface area contributed by atoms with Gasteiger partial charge in [-0.25, -0.2) is 4.98 Å². The van der Waals surface area contributed by atoms with Gasteiger partial charge in [-0.05, 0) is 29.7 Å². The Morgan fingerprint density at radius 2 is 1.76 bits per heavy atom. The Kier molecular flexibility index (Phi) is 5.77. The van der Waals surface area contributed by atoms with Gasteiger partial charge in [0.1, 0.15) is 10.7 Å². The summed E-state index contributed by atoms with van der Waals surface area (Å²) in [5, 5.41) is 2.70. The van der Waals surface area contributed by atoms with E-state index in [0.717, 1.165) is 21.7 Å². The maximum Gasteiger partial charge on any atom is 0.273 e. The Hall–Kier alpha value is -3.31. The quantitative estimate of drug-likeness (QED) is 0.439. The van der Waals surface area contributed by atoms with Crippen molar-refractivity contribution in [1.82, 2.24) is 14.9 Å². The number of nitrogens with zero attached hydrogens (tertiary/aromatic N) is 3. The van der Waals surface area contributed by atoms with Gasteiger partial charge < -0.3 is 4.90 Å². The van der Waals surface area contributed by atoms with Crippen molar-refractivity contribution in [2.75, 3.05) is 0 Å². The Morgan fingerprint density at radius 3 is 2.52 bits per heavy atom. The highest BCUT2D eigenvalue weighted by Gasteiger charge is 2.20. The van der Waals surface area contributed by atoms with E-state index < -0.39 is 0 Å². The monoisotopic (exact) mass is 399 g/mol. The molecule has 0 atom stereocenters. The maximum absolute atomic E-state index is 13.4. The molecule has 0 fully saturated rings. The van der Waals surface area contributed by atoms with Crippen LogP contribution < -0.4 is 0 Å². The van der Waals surface area contributed by atoms with Gasteiger partial charge in [-0.3, -0.25) is 9.78 Å². The average molecular weight is 400 g/mol. The van der Waals surface area contributed by atoms with Crippen LogP contribution in [0.25, 0.3) is 10.6 Å². The molecule has 0 saturated carbocycles. The van der Waals surface area contributed by atoms with Gasteiger partial charge in [-0.1, -0.05) is 60.7 Å². The zero-order chi connectivity index (χ0) is 20.1. The van der Waals surface area contributed by atoms with Crippen LogP contribution >= 0.6 is 11.3 Å². The van der Waals surface area contributed by atoms with Gasteiger partial charge in [0.05, 0.1) is 0 Å². The number of amides is 1. The molecule has 2 aromatic heterocycles. The lowest BCUT2D eigenvalue weighted by atomic mass is 10.1. The summed E-state index contributed by atoms with van der Waals surface area (Å²) in [6.07, 6.45) is 3.54. The van der Waals surface area contributed by atoms with E-state index in [-0.39, 0.29) is 5.91 Å². The maximum atomic E-state index is 13.4. The zero-order valence-corrected chi connectivity index (χ0v) is 17.0. The number of carbonyl (C=O) groups excluding carboxylic acids is 1. The highest BCUT2D eigenvalue weighted by atomic mass is 32.1. The minimum atomic E-state index is -0.0736. The fourth-order valence-electron chi connectivity index (χ4n) is 3.15. The molecule has 0 bridgehead atoms. The summed E-state index contributed by atoms with van der Waals surface area (Å²) in [6, 6.07) is 22.0. The predicted octanol–water partition coefficient (Wildman–Crippen LogP) is 5.36. The molecule has 0 N–H and O–H groups in total. The van der Waals surface area contributed by atoms with Crippen molar-refractivity contribution in [3.05, 3.63) is 107 Å². The molecule has 5 heteroatoms. The van der Waals surface area contributed by atoms with E-state index in [1.807, 2.05) is 64.9 Å². The molecule has 2 heterocycles. The van der Waals surface area contributed by atoms with Gasteiger partial charge >= 0.3 is 0 Å². The second kappa shape index (κ2) is 8.80. The molecule has 144 valence electrons. The van der Waals surface area contributed by atoms with Crippen LogP contribution in [-0.4, -0.2) is 20.8 Å². The third-order valence-electron chi connectivity index (χ3n) is 4.75. The van der Waals surface area contributed by atoms with Crippen LogP contribution in [-0.2, 0) is 13.1 Å². The molecule has 0 spiro atoms. The van der Waals surface area contributed by atoms with Gasteiger partial charge in [0, 0.05) is 36.4 Å². The lowest BCUT2D eigenvalue weighted by Gasteiger charge is -2.23. The van der Waals surface area contributed by atoms with Crippen molar-refractivity contribution in [2.45, 2.75) is 20.0 Å². The lowest BCUT2D eigenvalue weighted by Crippen LogP contribution is -2.30. The fraction of sp³-hybridized carbons (Fsp3) is 0.125. The van der Waals surface area contributed by atoms with Crippen LogP contribution in [0.1, 0.15) is 27.2 Å². The van der Waals surface area contributed by atoms with Gasteiger partial charge in [-0.15, -0.1) is 11.3 Å². The number of benzene rings is 2. The molecule has 0 aliphatic rings. The third-order valence-corrected chi connectivity index (χ3v) is 5.64. The van der Waals surface area contributed by atoms with Crippen molar-refractivity contribution in [3.63, 3.8) is 0 Å². The molecule has 4 aromatic rings. The molecule has 0 aliphatic heterocycles. The highest BCUT2D eigenvalue weighted by Crippen LogP contribution is 2.25. The Bertz CT molecular complexity index is 1090. The molecule has 0 aliphatic carbocycles. The molecular weight excluding hydrogens is 378 g/mol. The highest BCUT2D eigenvalue weighted by molar-refractivity contribution is 7.13. The summed E-state index contributed by atoms with van der Waals surface area (Å²) < 4.78 is 0. The molecule has 1 amide bonds. The summed E-state index contributed by atoms with van der Waals surface area (Å²) in [7, 11) is 0. The number of rotatable bonds is 6. The van der Waals surface area contributed by atoms with Crippen molar-refractivity contribution in [1.29, 1.82) is 0 Å². The van der Waals surface area contributed by atoms with Crippen LogP contribution in [0.15, 0.2) is 84.5 Å². The van der Waals surface area contributed by atoms with Gasteiger partial charge in [-0.2, -0.15) is 0 Å². The predicted molar refractivity (Wildman–Crippen MR) is 117 cm³/mol. The van der Waals surface area contributed by atoms with Gasteiger partial charge in [0.15, 0.2) is 0 Å². The second-order valence-electron chi connectivity index (χ2n) is 6.85. The van der Waals surface area contributed by atoms with E-state index in [0.29, 0.717) is 18.8 Å².